The number of halogens is 1. The molecule has 0 spiro atoms. The zero-order valence-corrected chi connectivity index (χ0v) is 18.4. The number of thiophene rings is 1. The normalized spacial score (nSPS) is 10.4. The van der Waals surface area contributed by atoms with Crippen LogP contribution in [0.5, 0.6) is 5.75 Å². The minimum Gasteiger partial charge on any atom is -0.492 e. The molecule has 9 heteroatoms. The van der Waals surface area contributed by atoms with Crippen LogP contribution in [0, 0.1) is 13.8 Å². The first-order valence-electron chi connectivity index (χ1n) is 8.19. The molecule has 0 fully saturated rings. The lowest BCUT2D eigenvalue weighted by atomic mass is 10.1. The van der Waals surface area contributed by atoms with Gasteiger partial charge in [0.1, 0.15) is 10.8 Å². The highest BCUT2D eigenvalue weighted by Crippen LogP contribution is 2.32. The van der Waals surface area contributed by atoms with Crippen molar-refractivity contribution >= 4 is 61.4 Å². The van der Waals surface area contributed by atoms with Gasteiger partial charge < -0.3 is 15.8 Å². The van der Waals surface area contributed by atoms with Crippen LogP contribution in [0.25, 0.3) is 0 Å². The van der Waals surface area contributed by atoms with E-state index in [9.17, 15) is 9.59 Å². The Balaban J connectivity index is 2.08. The van der Waals surface area contributed by atoms with Gasteiger partial charge >= 0.3 is 0 Å². The van der Waals surface area contributed by atoms with Crippen molar-refractivity contribution in [3.05, 3.63) is 44.2 Å². The Labute approximate surface area is 175 Å². The molecule has 0 bridgehead atoms. The van der Waals surface area contributed by atoms with Gasteiger partial charge in [0.2, 0.25) is 0 Å². The molecule has 0 radical (unpaired) electrons. The summed E-state index contributed by atoms with van der Waals surface area (Å²) < 4.78 is 6.25. The van der Waals surface area contributed by atoms with Crippen molar-refractivity contribution in [1.29, 1.82) is 0 Å². The smallest absolute Gasteiger partial charge is 0.257 e. The summed E-state index contributed by atoms with van der Waals surface area (Å²) in [6.07, 6.45) is 0.892. The van der Waals surface area contributed by atoms with E-state index in [4.69, 9.17) is 22.7 Å². The molecule has 2 rings (SSSR count). The van der Waals surface area contributed by atoms with E-state index in [1.165, 1.54) is 11.3 Å². The first-order chi connectivity index (χ1) is 12.7. The summed E-state index contributed by atoms with van der Waals surface area (Å²) >= 11 is 9.96. The van der Waals surface area contributed by atoms with Crippen LogP contribution in [0.15, 0.2) is 22.7 Å². The Bertz CT molecular complexity index is 896. The molecule has 0 aliphatic carbocycles. The van der Waals surface area contributed by atoms with Gasteiger partial charge in [-0.25, -0.2) is 0 Å². The number of nitrogens with one attached hydrogen (secondary N) is 2. The summed E-state index contributed by atoms with van der Waals surface area (Å²) in [6, 6.07) is 5.04. The largest absolute Gasteiger partial charge is 0.492 e. The number of benzene rings is 1. The molecule has 0 aliphatic heterocycles. The summed E-state index contributed by atoms with van der Waals surface area (Å²) in [6.45, 7) is 6.32. The topological polar surface area (TPSA) is 93.4 Å². The SMILES string of the molecule is CCCOc1ccc(C(=O)NC(=S)Nc2sc(C)c(C)c2C(N)=O)cc1Br. The van der Waals surface area contributed by atoms with E-state index >= 15 is 0 Å². The number of rotatable bonds is 6. The number of thiocarbonyl (C=S) groups is 1. The molecule has 27 heavy (non-hydrogen) atoms. The van der Waals surface area contributed by atoms with Crippen LogP contribution in [-0.4, -0.2) is 23.5 Å². The fourth-order valence-corrected chi connectivity index (χ4v) is 4.12. The van der Waals surface area contributed by atoms with E-state index in [0.29, 0.717) is 33.0 Å². The van der Waals surface area contributed by atoms with Crippen molar-refractivity contribution in [2.75, 3.05) is 11.9 Å². The van der Waals surface area contributed by atoms with E-state index in [1.54, 1.807) is 18.2 Å². The average molecular weight is 470 g/mol. The van der Waals surface area contributed by atoms with Crippen molar-refractivity contribution in [2.24, 2.45) is 5.73 Å². The summed E-state index contributed by atoms with van der Waals surface area (Å²) in [5, 5.41) is 6.10. The highest BCUT2D eigenvalue weighted by Gasteiger charge is 2.19. The van der Waals surface area contributed by atoms with Gasteiger partial charge in [0, 0.05) is 10.4 Å². The molecule has 2 amide bonds. The zero-order valence-electron chi connectivity index (χ0n) is 15.1. The second-order valence-corrected chi connectivity index (χ2v) is 8.24. The molecule has 2 aromatic rings. The second-order valence-electron chi connectivity index (χ2n) is 5.75. The monoisotopic (exact) mass is 469 g/mol. The van der Waals surface area contributed by atoms with Gasteiger partial charge in [0.05, 0.1) is 16.6 Å². The predicted molar refractivity (Wildman–Crippen MR) is 116 cm³/mol. The van der Waals surface area contributed by atoms with E-state index in [1.807, 2.05) is 20.8 Å². The second kappa shape index (κ2) is 9.29. The van der Waals surface area contributed by atoms with Gasteiger partial charge in [-0.1, -0.05) is 6.92 Å². The number of carbonyl (C=O) groups is 2. The van der Waals surface area contributed by atoms with E-state index in [0.717, 1.165) is 16.9 Å². The molecule has 0 saturated carbocycles. The molecular formula is C18H20BrN3O3S2. The summed E-state index contributed by atoms with van der Waals surface area (Å²) in [5.74, 6) is -0.245. The third-order valence-electron chi connectivity index (χ3n) is 3.74. The van der Waals surface area contributed by atoms with Crippen LogP contribution in [-0.2, 0) is 0 Å². The highest BCUT2D eigenvalue weighted by molar-refractivity contribution is 9.10. The molecular weight excluding hydrogens is 450 g/mol. The molecule has 1 aromatic carbocycles. The summed E-state index contributed by atoms with van der Waals surface area (Å²) in [4.78, 5) is 25.0. The number of hydrogen-bond acceptors (Lipinski definition) is 5. The number of anilines is 1. The number of primary amides is 1. The number of nitrogens with two attached hydrogens (primary N) is 1. The highest BCUT2D eigenvalue weighted by atomic mass is 79.9. The van der Waals surface area contributed by atoms with Gasteiger partial charge in [-0.15, -0.1) is 11.3 Å². The number of amides is 2. The standard InChI is InChI=1S/C18H20BrN3O3S2/c1-4-7-25-13-6-5-11(8-12(13)19)16(24)21-18(26)22-17-14(15(20)23)9(2)10(3)27-17/h5-6,8H,4,7H2,1-3H3,(H2,20,23)(H2,21,22,24,26). The summed E-state index contributed by atoms with van der Waals surface area (Å²) in [7, 11) is 0. The molecule has 6 nitrogen and oxygen atoms in total. The lowest BCUT2D eigenvalue weighted by molar-refractivity contribution is 0.0975. The maximum Gasteiger partial charge on any atom is 0.257 e. The van der Waals surface area contributed by atoms with Crippen molar-refractivity contribution < 1.29 is 14.3 Å². The number of carbonyl (C=O) groups excluding carboxylic acids is 2. The fourth-order valence-electron chi connectivity index (χ4n) is 2.29. The molecule has 0 saturated heterocycles. The molecule has 4 N–H and O–H groups in total. The van der Waals surface area contributed by atoms with Crippen molar-refractivity contribution in [3.8, 4) is 5.75 Å². The minimum atomic E-state index is -0.542. The zero-order chi connectivity index (χ0) is 20.1. The maximum atomic E-state index is 12.4. The van der Waals surface area contributed by atoms with E-state index in [-0.39, 0.29) is 11.0 Å². The van der Waals surface area contributed by atoms with Crippen LogP contribution < -0.4 is 21.1 Å². The predicted octanol–water partition coefficient (Wildman–Crippen LogP) is 4.14. The third kappa shape index (κ3) is 5.27. The van der Waals surface area contributed by atoms with Gasteiger partial charge in [0.25, 0.3) is 11.8 Å². The Morgan fingerprint density at radius 2 is 2.04 bits per heavy atom. The first kappa shape index (κ1) is 21.3. The molecule has 144 valence electrons. The lowest BCUT2D eigenvalue weighted by Gasteiger charge is -2.11. The average Bonchev–Trinajstić information content (AvgIpc) is 2.87. The molecule has 1 heterocycles. The molecule has 0 atom stereocenters. The minimum absolute atomic E-state index is 0.0891. The van der Waals surface area contributed by atoms with Gasteiger partial charge in [-0.05, 0) is 72.2 Å². The van der Waals surface area contributed by atoms with Crippen LogP contribution in [0.1, 0.15) is 44.5 Å². The Hall–Kier alpha value is -1.97. The van der Waals surface area contributed by atoms with Crippen LogP contribution in [0.3, 0.4) is 0 Å². The van der Waals surface area contributed by atoms with Crippen LogP contribution in [0.2, 0.25) is 0 Å². The van der Waals surface area contributed by atoms with Crippen LogP contribution in [0.4, 0.5) is 5.00 Å². The van der Waals surface area contributed by atoms with Crippen molar-refractivity contribution in [2.45, 2.75) is 27.2 Å². The number of aryl methyl sites for hydroxylation is 1. The number of hydrogen-bond donors (Lipinski definition) is 3. The van der Waals surface area contributed by atoms with Crippen molar-refractivity contribution in [1.82, 2.24) is 5.32 Å². The van der Waals surface area contributed by atoms with E-state index in [2.05, 4.69) is 26.6 Å². The Morgan fingerprint density at radius 1 is 1.33 bits per heavy atom. The Kier molecular flexibility index (Phi) is 7.34. The van der Waals surface area contributed by atoms with Crippen molar-refractivity contribution in [3.63, 3.8) is 0 Å². The molecule has 1 aromatic heterocycles. The fraction of sp³-hybridized carbons (Fsp3) is 0.278. The first-order valence-corrected chi connectivity index (χ1v) is 10.2. The van der Waals surface area contributed by atoms with Gasteiger partial charge in [0.15, 0.2) is 5.11 Å². The number of ether oxygens (including phenoxy) is 1. The third-order valence-corrected chi connectivity index (χ3v) is 5.69. The van der Waals surface area contributed by atoms with Gasteiger partial charge in [-0.3, -0.25) is 14.9 Å². The quantitative estimate of drug-likeness (QED) is 0.552. The molecule has 0 unspecified atom stereocenters. The lowest BCUT2D eigenvalue weighted by Crippen LogP contribution is -2.34. The maximum absolute atomic E-state index is 12.4. The van der Waals surface area contributed by atoms with E-state index < -0.39 is 5.91 Å². The summed E-state index contributed by atoms with van der Waals surface area (Å²) in [5.41, 5.74) is 7.05. The molecule has 0 aliphatic rings. The van der Waals surface area contributed by atoms with Crippen LogP contribution >= 0.6 is 39.5 Å². The Morgan fingerprint density at radius 3 is 2.63 bits per heavy atom. The van der Waals surface area contributed by atoms with Gasteiger partial charge in [-0.2, -0.15) is 0 Å².